The van der Waals surface area contributed by atoms with Crippen LogP contribution in [0.3, 0.4) is 0 Å². The van der Waals surface area contributed by atoms with E-state index in [2.05, 4.69) is 94.0 Å². The number of hydrogen-bond acceptors (Lipinski definition) is 5. The normalized spacial score (nSPS) is 12.3. The molecule has 4 aromatic rings. The predicted molar refractivity (Wildman–Crippen MR) is 139 cm³/mol. The molecule has 35 heavy (non-hydrogen) atoms. The molecular formula is C27H38N8. The lowest BCUT2D eigenvalue weighted by atomic mass is 10.1. The van der Waals surface area contributed by atoms with Crippen LogP contribution in [0.1, 0.15) is 95.0 Å². The van der Waals surface area contributed by atoms with Crippen LogP contribution in [0.2, 0.25) is 0 Å². The molecule has 0 aliphatic rings. The highest BCUT2D eigenvalue weighted by Crippen LogP contribution is 2.26. The standard InChI is InChI=1S/C27H38N8/c1-5-8-10-11-22-17-18-24(26-29-32-33-30-26)35(22)23-15-13-21(14-16-23)19-34-27(20(4)7-3)28-25(31-34)12-9-6-2/h13-18,20H,5-12,19H2,1-4H3,(H,29,30,32,33). The van der Waals surface area contributed by atoms with Crippen molar-refractivity contribution in [3.8, 4) is 17.2 Å². The van der Waals surface area contributed by atoms with Gasteiger partial charge in [0.2, 0.25) is 0 Å². The van der Waals surface area contributed by atoms with Crippen LogP contribution in [0, 0.1) is 0 Å². The molecule has 1 unspecified atom stereocenters. The summed E-state index contributed by atoms with van der Waals surface area (Å²) in [5, 5.41) is 19.5. The van der Waals surface area contributed by atoms with Gasteiger partial charge in [-0.1, -0.05) is 59.1 Å². The Hall–Kier alpha value is -3.29. The fraction of sp³-hybridized carbons (Fsp3) is 0.519. The fourth-order valence-corrected chi connectivity index (χ4v) is 4.42. The lowest BCUT2D eigenvalue weighted by molar-refractivity contribution is 0.574. The molecule has 0 amide bonds. The number of rotatable bonds is 13. The highest BCUT2D eigenvalue weighted by atomic mass is 15.5. The van der Waals surface area contributed by atoms with Crippen molar-refractivity contribution in [2.24, 2.45) is 0 Å². The second-order valence-electron chi connectivity index (χ2n) is 9.38. The lowest BCUT2D eigenvalue weighted by Crippen LogP contribution is -2.10. The van der Waals surface area contributed by atoms with E-state index < -0.39 is 0 Å². The Morgan fingerprint density at radius 1 is 0.914 bits per heavy atom. The summed E-state index contributed by atoms with van der Waals surface area (Å²) in [6.45, 7) is 9.61. The quantitative estimate of drug-likeness (QED) is 0.244. The Balaban J connectivity index is 1.60. The number of aryl methyl sites for hydroxylation is 2. The van der Waals surface area contributed by atoms with E-state index in [0.717, 1.165) is 68.1 Å². The topological polar surface area (TPSA) is 90.1 Å². The summed E-state index contributed by atoms with van der Waals surface area (Å²) in [6, 6.07) is 13.0. The van der Waals surface area contributed by atoms with Gasteiger partial charge >= 0.3 is 0 Å². The summed E-state index contributed by atoms with van der Waals surface area (Å²) < 4.78 is 4.37. The third-order valence-electron chi connectivity index (χ3n) is 6.66. The Morgan fingerprint density at radius 3 is 2.40 bits per heavy atom. The maximum atomic E-state index is 4.89. The van der Waals surface area contributed by atoms with Crippen LogP contribution in [0.15, 0.2) is 36.4 Å². The summed E-state index contributed by atoms with van der Waals surface area (Å²) in [7, 11) is 0. The smallest absolute Gasteiger partial charge is 0.196 e. The number of unbranched alkanes of at least 4 members (excludes halogenated alkanes) is 3. The molecule has 1 atom stereocenters. The van der Waals surface area contributed by atoms with Gasteiger partial charge in [-0.15, -0.1) is 5.10 Å². The summed E-state index contributed by atoms with van der Waals surface area (Å²) in [4.78, 5) is 4.89. The Morgan fingerprint density at radius 2 is 1.71 bits per heavy atom. The minimum atomic E-state index is 0.390. The maximum Gasteiger partial charge on any atom is 0.196 e. The molecule has 1 aromatic carbocycles. The predicted octanol–water partition coefficient (Wildman–Crippen LogP) is 5.89. The number of aromatic nitrogens is 8. The molecule has 0 saturated carbocycles. The van der Waals surface area contributed by atoms with E-state index in [1.165, 1.54) is 24.1 Å². The second kappa shape index (κ2) is 11.9. The molecule has 8 heteroatoms. The van der Waals surface area contributed by atoms with Gasteiger partial charge in [0.15, 0.2) is 11.6 Å². The molecule has 0 aliphatic carbocycles. The van der Waals surface area contributed by atoms with Crippen molar-refractivity contribution in [1.82, 2.24) is 40.0 Å². The molecule has 0 bridgehead atoms. The van der Waals surface area contributed by atoms with Crippen LogP contribution < -0.4 is 0 Å². The molecule has 0 spiro atoms. The molecular weight excluding hydrogens is 436 g/mol. The first-order valence-electron chi connectivity index (χ1n) is 13.1. The van der Waals surface area contributed by atoms with Crippen molar-refractivity contribution in [1.29, 1.82) is 0 Å². The molecule has 3 aromatic heterocycles. The molecule has 4 rings (SSSR count). The average Bonchev–Trinajstić information content (AvgIpc) is 3.63. The number of tetrazole rings is 1. The largest absolute Gasteiger partial charge is 0.311 e. The van der Waals surface area contributed by atoms with Crippen molar-refractivity contribution in [2.75, 3.05) is 0 Å². The summed E-state index contributed by atoms with van der Waals surface area (Å²) in [6.07, 6.45) is 8.89. The van der Waals surface area contributed by atoms with Crippen molar-refractivity contribution in [3.05, 3.63) is 59.3 Å². The number of nitrogens with one attached hydrogen (secondary N) is 1. The minimum absolute atomic E-state index is 0.390. The van der Waals surface area contributed by atoms with E-state index in [9.17, 15) is 0 Å². The van der Waals surface area contributed by atoms with Crippen LogP contribution >= 0.6 is 0 Å². The number of benzene rings is 1. The first-order valence-corrected chi connectivity index (χ1v) is 13.1. The maximum absolute atomic E-state index is 4.89. The Labute approximate surface area is 208 Å². The van der Waals surface area contributed by atoms with Crippen LogP contribution in [-0.4, -0.2) is 40.0 Å². The molecule has 8 nitrogen and oxygen atoms in total. The van der Waals surface area contributed by atoms with Crippen molar-refractivity contribution < 1.29 is 0 Å². The van der Waals surface area contributed by atoms with Gasteiger partial charge in [-0.3, -0.25) is 0 Å². The zero-order valence-corrected chi connectivity index (χ0v) is 21.5. The Kier molecular flexibility index (Phi) is 8.45. The van der Waals surface area contributed by atoms with Crippen LogP contribution in [0.25, 0.3) is 17.2 Å². The van der Waals surface area contributed by atoms with Crippen molar-refractivity contribution in [3.63, 3.8) is 0 Å². The third-order valence-corrected chi connectivity index (χ3v) is 6.66. The first-order chi connectivity index (χ1) is 17.1. The summed E-state index contributed by atoms with van der Waals surface area (Å²) in [5.74, 6) is 3.12. The third kappa shape index (κ3) is 5.86. The highest BCUT2D eigenvalue weighted by molar-refractivity contribution is 5.56. The SMILES string of the molecule is CCCCCc1ccc(-c2nnn[nH]2)n1-c1ccc(Cn2nc(CCCC)nc2C(C)CC)cc1. The molecule has 0 saturated heterocycles. The number of nitrogens with zero attached hydrogens (tertiary/aromatic N) is 7. The zero-order chi connectivity index (χ0) is 24.6. The second-order valence-corrected chi connectivity index (χ2v) is 9.38. The Bertz CT molecular complexity index is 1170. The monoisotopic (exact) mass is 474 g/mol. The van der Waals surface area contributed by atoms with E-state index in [1.807, 2.05) is 0 Å². The molecule has 186 valence electrons. The van der Waals surface area contributed by atoms with Gasteiger partial charge in [0.1, 0.15) is 5.82 Å². The molecule has 0 aliphatic heterocycles. The van der Waals surface area contributed by atoms with Crippen LogP contribution in [0.5, 0.6) is 0 Å². The van der Waals surface area contributed by atoms with E-state index in [-0.39, 0.29) is 0 Å². The van der Waals surface area contributed by atoms with Gasteiger partial charge in [0, 0.05) is 23.7 Å². The summed E-state index contributed by atoms with van der Waals surface area (Å²) in [5.41, 5.74) is 4.58. The van der Waals surface area contributed by atoms with Crippen LogP contribution in [-0.2, 0) is 19.4 Å². The number of aromatic amines is 1. The van der Waals surface area contributed by atoms with Gasteiger partial charge in [0.05, 0.1) is 12.2 Å². The average molecular weight is 475 g/mol. The minimum Gasteiger partial charge on any atom is -0.311 e. The van der Waals surface area contributed by atoms with Gasteiger partial charge in [0.25, 0.3) is 0 Å². The van der Waals surface area contributed by atoms with Crippen molar-refractivity contribution in [2.45, 2.75) is 91.5 Å². The van der Waals surface area contributed by atoms with Crippen LogP contribution in [0.4, 0.5) is 0 Å². The zero-order valence-electron chi connectivity index (χ0n) is 21.5. The van der Waals surface area contributed by atoms with E-state index in [4.69, 9.17) is 10.1 Å². The van der Waals surface area contributed by atoms with Gasteiger partial charge in [-0.2, -0.15) is 5.10 Å². The molecule has 1 N–H and O–H groups in total. The van der Waals surface area contributed by atoms with E-state index in [1.54, 1.807) is 0 Å². The summed E-state index contributed by atoms with van der Waals surface area (Å²) >= 11 is 0. The van der Waals surface area contributed by atoms with Gasteiger partial charge in [-0.25, -0.2) is 14.8 Å². The van der Waals surface area contributed by atoms with Gasteiger partial charge < -0.3 is 4.57 Å². The number of hydrogen-bond donors (Lipinski definition) is 1. The van der Waals surface area contributed by atoms with E-state index >= 15 is 0 Å². The van der Waals surface area contributed by atoms with E-state index in [0.29, 0.717) is 11.7 Å². The highest BCUT2D eigenvalue weighted by Gasteiger charge is 2.17. The van der Waals surface area contributed by atoms with Crippen molar-refractivity contribution >= 4 is 0 Å². The molecule has 3 heterocycles. The number of H-pyrrole nitrogens is 1. The fourth-order valence-electron chi connectivity index (χ4n) is 4.42. The van der Waals surface area contributed by atoms with Gasteiger partial charge in [-0.05, 0) is 65.9 Å². The molecule has 0 radical (unpaired) electrons. The first kappa shape index (κ1) is 24.8. The lowest BCUT2D eigenvalue weighted by Gasteiger charge is -2.14. The molecule has 0 fully saturated rings.